The van der Waals surface area contributed by atoms with Crippen molar-refractivity contribution in [1.29, 1.82) is 0 Å². The van der Waals surface area contributed by atoms with Crippen molar-refractivity contribution in [2.45, 2.75) is 52.2 Å². The average Bonchev–Trinajstić information content (AvgIpc) is 3.22. The summed E-state index contributed by atoms with van der Waals surface area (Å²) in [7, 11) is -3.89. The highest BCUT2D eigenvalue weighted by molar-refractivity contribution is 7.86. The fourth-order valence-corrected chi connectivity index (χ4v) is 5.12. The Morgan fingerprint density at radius 1 is 1.07 bits per heavy atom. The monoisotopic (exact) mass is 585 g/mol. The van der Waals surface area contributed by atoms with E-state index in [0.29, 0.717) is 37.6 Å². The molecule has 1 aliphatic heterocycles. The lowest BCUT2D eigenvalue weighted by molar-refractivity contribution is -0.133. The van der Waals surface area contributed by atoms with Gasteiger partial charge in [0.25, 0.3) is 0 Å². The van der Waals surface area contributed by atoms with E-state index in [2.05, 4.69) is 35.5 Å². The number of hydrogen-bond acceptors (Lipinski definition) is 8. The van der Waals surface area contributed by atoms with Gasteiger partial charge in [-0.3, -0.25) is 4.79 Å². The Morgan fingerprint density at radius 3 is 2.51 bits per heavy atom. The Kier molecular flexibility index (Phi) is 9.55. The van der Waals surface area contributed by atoms with Gasteiger partial charge in [0.1, 0.15) is 29.5 Å². The van der Waals surface area contributed by atoms with E-state index in [1.807, 2.05) is 31.2 Å². The van der Waals surface area contributed by atoms with Crippen LogP contribution in [0.25, 0.3) is 11.1 Å². The second kappa shape index (κ2) is 12.9. The van der Waals surface area contributed by atoms with Gasteiger partial charge in [-0.1, -0.05) is 24.3 Å². The molecule has 0 spiro atoms. The summed E-state index contributed by atoms with van der Waals surface area (Å²) < 4.78 is 58.6. The van der Waals surface area contributed by atoms with Gasteiger partial charge in [-0.25, -0.2) is 4.39 Å². The molecule has 1 aliphatic rings. The summed E-state index contributed by atoms with van der Waals surface area (Å²) >= 11 is 0. The Balaban J connectivity index is 1.46. The maximum Gasteiger partial charge on any atom is 0.322 e. The van der Waals surface area contributed by atoms with Gasteiger partial charge in [-0.2, -0.15) is 8.42 Å². The molecule has 220 valence electrons. The van der Waals surface area contributed by atoms with Gasteiger partial charge in [0.15, 0.2) is 0 Å². The van der Waals surface area contributed by atoms with Gasteiger partial charge in [0.05, 0.1) is 19.3 Å². The van der Waals surface area contributed by atoms with E-state index in [1.165, 1.54) is 6.07 Å². The summed E-state index contributed by atoms with van der Waals surface area (Å²) in [5.41, 5.74) is 4.67. The fraction of sp³-hybridized carbons (Fsp3) is 0.387. The third kappa shape index (κ3) is 8.68. The molecule has 41 heavy (non-hydrogen) atoms. The molecule has 0 fully saturated rings. The summed E-state index contributed by atoms with van der Waals surface area (Å²) in [5.74, 6) is 0.225. The van der Waals surface area contributed by atoms with Gasteiger partial charge in [0.2, 0.25) is 0 Å². The van der Waals surface area contributed by atoms with E-state index in [1.54, 1.807) is 12.1 Å². The average molecular weight is 586 g/mol. The van der Waals surface area contributed by atoms with Crippen LogP contribution in [0.15, 0.2) is 54.6 Å². The molecule has 0 saturated carbocycles. The zero-order valence-corrected chi connectivity index (χ0v) is 24.6. The standard InChI is InChI=1S/C31H36FNO7S/c1-5-37-14-15-38-26-11-7-22(8-12-26)27-17-21(16-24-19-31(2,3)39-30(24)27)20-33-25-10-6-23(28(32)18-25)9-13-29(34)40-41(4,35)36/h6-8,10-12,16-18,33H,5,9,13-15,19-20H2,1-4H3. The number of carbonyl (C=O) groups is 1. The van der Waals surface area contributed by atoms with Crippen molar-refractivity contribution in [1.82, 2.24) is 0 Å². The molecule has 1 heterocycles. The number of rotatable bonds is 13. The van der Waals surface area contributed by atoms with Crippen molar-refractivity contribution in [3.8, 4) is 22.6 Å². The first-order chi connectivity index (χ1) is 19.4. The highest BCUT2D eigenvalue weighted by atomic mass is 32.2. The number of halogens is 1. The van der Waals surface area contributed by atoms with E-state index in [9.17, 15) is 17.6 Å². The zero-order chi connectivity index (χ0) is 29.6. The largest absolute Gasteiger partial charge is 0.491 e. The molecule has 0 radical (unpaired) electrons. The number of hydrogen-bond donors (Lipinski definition) is 1. The van der Waals surface area contributed by atoms with Crippen LogP contribution in [-0.4, -0.2) is 46.1 Å². The molecule has 0 unspecified atom stereocenters. The minimum atomic E-state index is -3.89. The Morgan fingerprint density at radius 2 is 1.83 bits per heavy atom. The third-order valence-corrected chi connectivity index (χ3v) is 6.97. The van der Waals surface area contributed by atoms with Gasteiger partial charge < -0.3 is 23.7 Å². The van der Waals surface area contributed by atoms with Crippen LogP contribution < -0.4 is 14.8 Å². The van der Waals surface area contributed by atoms with Crippen LogP contribution in [0.5, 0.6) is 11.5 Å². The lowest BCUT2D eigenvalue weighted by atomic mass is 9.95. The summed E-state index contributed by atoms with van der Waals surface area (Å²) in [6, 6.07) is 16.8. The van der Waals surface area contributed by atoms with Crippen molar-refractivity contribution in [2.24, 2.45) is 0 Å². The normalized spacial score (nSPS) is 13.8. The molecule has 0 amide bonds. The minimum Gasteiger partial charge on any atom is -0.491 e. The molecule has 0 saturated heterocycles. The van der Waals surface area contributed by atoms with Crippen LogP contribution >= 0.6 is 0 Å². The van der Waals surface area contributed by atoms with Crippen LogP contribution in [0, 0.1) is 5.82 Å². The fourth-order valence-electron chi connectivity index (χ4n) is 4.70. The third-order valence-electron chi connectivity index (χ3n) is 6.48. The highest BCUT2D eigenvalue weighted by Gasteiger charge is 2.32. The van der Waals surface area contributed by atoms with Crippen LogP contribution in [0.1, 0.15) is 43.9 Å². The number of nitrogens with one attached hydrogen (secondary N) is 1. The molecule has 10 heteroatoms. The van der Waals surface area contributed by atoms with E-state index in [-0.39, 0.29) is 18.4 Å². The summed E-state index contributed by atoms with van der Waals surface area (Å²) in [4.78, 5) is 11.6. The second-order valence-corrected chi connectivity index (χ2v) is 12.1. The minimum absolute atomic E-state index is 0.0286. The van der Waals surface area contributed by atoms with Crippen molar-refractivity contribution < 1.29 is 36.0 Å². The van der Waals surface area contributed by atoms with E-state index < -0.39 is 21.9 Å². The molecule has 0 atom stereocenters. The Hall–Kier alpha value is -3.63. The van der Waals surface area contributed by atoms with Crippen molar-refractivity contribution in [3.05, 3.63) is 77.1 Å². The van der Waals surface area contributed by atoms with Crippen LogP contribution in [0.4, 0.5) is 10.1 Å². The quantitative estimate of drug-likeness (QED) is 0.202. The summed E-state index contributed by atoms with van der Waals surface area (Å²) in [5, 5.41) is 3.27. The highest BCUT2D eigenvalue weighted by Crippen LogP contribution is 2.43. The SMILES string of the molecule is CCOCCOc1ccc(-c2cc(CNc3ccc(CCC(=O)OS(C)(=O)=O)c(F)c3)cc3c2OC(C)(C)C3)cc1. The number of carbonyl (C=O) groups excluding carboxylic acids is 1. The molecule has 3 aromatic carbocycles. The zero-order valence-electron chi connectivity index (χ0n) is 23.8. The smallest absolute Gasteiger partial charge is 0.322 e. The molecule has 8 nitrogen and oxygen atoms in total. The maximum absolute atomic E-state index is 14.7. The lowest BCUT2D eigenvalue weighted by Crippen LogP contribution is -2.24. The maximum atomic E-state index is 14.7. The first kappa shape index (κ1) is 30.3. The van der Waals surface area contributed by atoms with Crippen LogP contribution in [-0.2, 0) is 43.2 Å². The molecule has 0 bridgehead atoms. The number of ether oxygens (including phenoxy) is 3. The van der Waals surface area contributed by atoms with Crippen molar-refractivity contribution >= 4 is 21.8 Å². The van der Waals surface area contributed by atoms with E-state index in [0.717, 1.165) is 46.4 Å². The molecule has 0 aliphatic carbocycles. The van der Waals surface area contributed by atoms with Gasteiger partial charge in [-0.15, -0.1) is 0 Å². The topological polar surface area (TPSA) is 100 Å². The lowest BCUT2D eigenvalue weighted by Gasteiger charge is -2.19. The van der Waals surface area contributed by atoms with Crippen molar-refractivity contribution in [2.75, 3.05) is 31.4 Å². The number of aryl methyl sites for hydroxylation is 1. The molecular weight excluding hydrogens is 549 g/mol. The van der Waals surface area contributed by atoms with Crippen molar-refractivity contribution in [3.63, 3.8) is 0 Å². The summed E-state index contributed by atoms with van der Waals surface area (Å²) in [6.45, 7) is 8.21. The first-order valence-electron chi connectivity index (χ1n) is 13.5. The molecule has 1 N–H and O–H groups in total. The first-order valence-corrected chi connectivity index (χ1v) is 15.3. The molecule has 0 aromatic heterocycles. The molecule has 4 rings (SSSR count). The van der Waals surface area contributed by atoms with Crippen LogP contribution in [0.3, 0.4) is 0 Å². The van der Waals surface area contributed by atoms with Gasteiger partial charge >= 0.3 is 16.1 Å². The molecular formula is C31H36FNO7S. The van der Waals surface area contributed by atoms with E-state index >= 15 is 0 Å². The number of benzene rings is 3. The Labute approximate surface area is 240 Å². The number of anilines is 1. The summed E-state index contributed by atoms with van der Waals surface area (Å²) in [6.07, 6.45) is 1.35. The predicted molar refractivity (Wildman–Crippen MR) is 155 cm³/mol. The van der Waals surface area contributed by atoms with Gasteiger partial charge in [-0.05, 0) is 79.8 Å². The Bertz CT molecular complexity index is 1490. The van der Waals surface area contributed by atoms with Crippen LogP contribution in [0.2, 0.25) is 0 Å². The second-order valence-electron chi connectivity index (χ2n) is 10.6. The van der Waals surface area contributed by atoms with E-state index in [4.69, 9.17) is 14.2 Å². The van der Waals surface area contributed by atoms with Gasteiger partial charge in [0, 0.05) is 30.8 Å². The number of fused-ring (bicyclic) bond motifs is 1. The predicted octanol–water partition coefficient (Wildman–Crippen LogP) is 5.67. The molecule has 3 aromatic rings.